The minimum absolute atomic E-state index is 0.0737. The van der Waals surface area contributed by atoms with Gasteiger partial charge in [-0.3, -0.25) is 4.79 Å². The summed E-state index contributed by atoms with van der Waals surface area (Å²) < 4.78 is 48.2. The summed E-state index contributed by atoms with van der Waals surface area (Å²) in [4.78, 5) is 14.6. The highest BCUT2D eigenvalue weighted by atomic mass is 32.2. The molecule has 9 heteroatoms. The molecular formula is C22H22F3NO4S. The van der Waals surface area contributed by atoms with Crippen molar-refractivity contribution in [2.45, 2.75) is 35.0 Å². The second-order valence-electron chi connectivity index (χ2n) is 7.73. The first kappa shape index (κ1) is 22.0. The molecule has 2 aromatic rings. The second-order valence-corrected chi connectivity index (χ2v) is 8.87. The van der Waals surface area contributed by atoms with Crippen molar-refractivity contribution in [3.63, 3.8) is 0 Å². The molecule has 2 aliphatic heterocycles. The van der Waals surface area contributed by atoms with E-state index in [1.54, 1.807) is 29.2 Å². The maximum Gasteiger partial charge on any atom is 0.446 e. The molecule has 4 rings (SSSR count). The standard InChI is InChI=1S/C22H22F3NO4S/c23-22(24,25)31-19-7-5-17(6-8-19)30-18-9-11-26(12-10-18)20(27)15-1-3-16(4-2-15)21(28)13-29-14-21/h1-8,18,28H,9-14H2. The number of alkyl halides is 3. The summed E-state index contributed by atoms with van der Waals surface area (Å²) in [7, 11) is 0. The van der Waals surface area contributed by atoms with Gasteiger partial charge in [-0.15, -0.1) is 0 Å². The van der Waals surface area contributed by atoms with Gasteiger partial charge in [0.05, 0.1) is 13.2 Å². The largest absolute Gasteiger partial charge is 0.490 e. The number of halogens is 3. The van der Waals surface area contributed by atoms with Crippen LogP contribution in [0.3, 0.4) is 0 Å². The van der Waals surface area contributed by atoms with Crippen LogP contribution in [0.4, 0.5) is 13.2 Å². The van der Waals surface area contributed by atoms with Crippen LogP contribution in [-0.2, 0) is 10.3 Å². The molecule has 0 saturated carbocycles. The smallest absolute Gasteiger partial charge is 0.446 e. The Balaban J connectivity index is 1.28. The number of piperidine rings is 1. The molecule has 31 heavy (non-hydrogen) atoms. The Morgan fingerprint density at radius 1 is 1.06 bits per heavy atom. The number of carbonyl (C=O) groups excluding carboxylic acids is 1. The van der Waals surface area contributed by atoms with Gasteiger partial charge < -0.3 is 19.5 Å². The predicted octanol–water partition coefficient (Wildman–Crippen LogP) is 4.20. The molecule has 0 spiro atoms. The Kier molecular flexibility index (Phi) is 6.18. The summed E-state index contributed by atoms with van der Waals surface area (Å²) in [5.41, 5.74) is -3.97. The number of ether oxygens (including phenoxy) is 2. The minimum Gasteiger partial charge on any atom is -0.490 e. The zero-order valence-electron chi connectivity index (χ0n) is 16.6. The highest BCUT2D eigenvalue weighted by molar-refractivity contribution is 8.00. The van der Waals surface area contributed by atoms with Crippen LogP contribution in [0.5, 0.6) is 5.75 Å². The van der Waals surface area contributed by atoms with Crippen LogP contribution in [0.1, 0.15) is 28.8 Å². The van der Waals surface area contributed by atoms with Crippen LogP contribution < -0.4 is 4.74 Å². The molecule has 1 amide bonds. The first-order valence-corrected chi connectivity index (χ1v) is 10.8. The van der Waals surface area contributed by atoms with E-state index in [-0.39, 0.29) is 41.9 Å². The van der Waals surface area contributed by atoms with E-state index in [1.165, 1.54) is 24.3 Å². The van der Waals surface area contributed by atoms with Crippen LogP contribution in [0.2, 0.25) is 0 Å². The van der Waals surface area contributed by atoms with E-state index in [0.717, 1.165) is 5.56 Å². The Morgan fingerprint density at radius 2 is 1.68 bits per heavy atom. The molecule has 5 nitrogen and oxygen atoms in total. The van der Waals surface area contributed by atoms with Gasteiger partial charge in [-0.2, -0.15) is 13.2 Å². The lowest BCUT2D eigenvalue weighted by Crippen LogP contribution is -2.46. The SMILES string of the molecule is O=C(c1ccc(C2(O)COC2)cc1)N1CCC(Oc2ccc(SC(F)(F)F)cc2)CC1. The number of rotatable bonds is 5. The topological polar surface area (TPSA) is 59.0 Å². The van der Waals surface area contributed by atoms with Gasteiger partial charge in [-0.05, 0) is 53.7 Å². The Bertz CT molecular complexity index is 906. The number of hydrogen-bond acceptors (Lipinski definition) is 5. The molecule has 0 bridgehead atoms. The maximum absolute atomic E-state index is 12.8. The number of thioether (sulfide) groups is 1. The van der Waals surface area contributed by atoms with Gasteiger partial charge in [0.25, 0.3) is 5.91 Å². The molecule has 1 N–H and O–H groups in total. The number of hydrogen-bond donors (Lipinski definition) is 1. The molecule has 2 saturated heterocycles. The number of aliphatic hydroxyl groups is 1. The zero-order valence-corrected chi connectivity index (χ0v) is 17.4. The van der Waals surface area contributed by atoms with E-state index >= 15 is 0 Å². The van der Waals surface area contributed by atoms with Gasteiger partial charge in [-0.25, -0.2) is 0 Å². The third-order valence-electron chi connectivity index (χ3n) is 5.44. The van der Waals surface area contributed by atoms with E-state index in [4.69, 9.17) is 9.47 Å². The normalized spacial score (nSPS) is 19.0. The van der Waals surface area contributed by atoms with Crippen molar-refractivity contribution in [3.8, 4) is 5.75 Å². The Hall–Kier alpha value is -2.23. The van der Waals surface area contributed by atoms with Crippen molar-refractivity contribution >= 4 is 17.7 Å². The van der Waals surface area contributed by atoms with Crippen LogP contribution in [0, 0.1) is 0 Å². The van der Waals surface area contributed by atoms with Crippen molar-refractivity contribution in [2.24, 2.45) is 0 Å². The predicted molar refractivity (Wildman–Crippen MR) is 109 cm³/mol. The average Bonchev–Trinajstić information content (AvgIpc) is 2.73. The summed E-state index contributed by atoms with van der Waals surface area (Å²) >= 11 is -0.156. The summed E-state index contributed by atoms with van der Waals surface area (Å²) in [6.45, 7) is 1.59. The van der Waals surface area contributed by atoms with E-state index < -0.39 is 11.1 Å². The third-order valence-corrected chi connectivity index (χ3v) is 6.18. The lowest BCUT2D eigenvalue weighted by molar-refractivity contribution is -0.184. The summed E-state index contributed by atoms with van der Waals surface area (Å²) in [5, 5.41) is 10.3. The number of nitrogens with zero attached hydrogens (tertiary/aromatic N) is 1. The minimum atomic E-state index is -4.31. The van der Waals surface area contributed by atoms with Crippen LogP contribution >= 0.6 is 11.8 Å². The lowest BCUT2D eigenvalue weighted by Gasteiger charge is -2.37. The fourth-order valence-electron chi connectivity index (χ4n) is 3.66. The highest BCUT2D eigenvalue weighted by Crippen LogP contribution is 2.37. The number of amides is 1. The zero-order chi connectivity index (χ0) is 22.1. The summed E-state index contributed by atoms with van der Waals surface area (Å²) in [6.07, 6.45) is 1.18. The van der Waals surface area contributed by atoms with E-state index in [2.05, 4.69) is 0 Å². The molecule has 2 aliphatic rings. The molecular weight excluding hydrogens is 431 g/mol. The molecule has 2 fully saturated rings. The van der Waals surface area contributed by atoms with Crippen LogP contribution in [0.25, 0.3) is 0 Å². The molecule has 0 aromatic heterocycles. The van der Waals surface area contributed by atoms with Crippen molar-refractivity contribution in [3.05, 3.63) is 59.7 Å². The van der Waals surface area contributed by atoms with Crippen molar-refractivity contribution in [2.75, 3.05) is 26.3 Å². The molecule has 2 aromatic carbocycles. The molecule has 0 aliphatic carbocycles. The molecule has 2 heterocycles. The third kappa shape index (κ3) is 5.34. The number of likely N-dealkylation sites (tertiary alicyclic amines) is 1. The van der Waals surface area contributed by atoms with Gasteiger partial charge in [0.15, 0.2) is 0 Å². The first-order chi connectivity index (χ1) is 14.7. The number of carbonyl (C=O) groups is 1. The number of benzene rings is 2. The molecule has 0 radical (unpaired) electrons. The van der Waals surface area contributed by atoms with Gasteiger partial charge in [0.2, 0.25) is 0 Å². The van der Waals surface area contributed by atoms with Gasteiger partial charge in [-0.1, -0.05) is 12.1 Å². The first-order valence-electron chi connectivity index (χ1n) is 9.94. The van der Waals surface area contributed by atoms with Crippen LogP contribution in [0.15, 0.2) is 53.4 Å². The van der Waals surface area contributed by atoms with Gasteiger partial charge >= 0.3 is 5.51 Å². The average molecular weight is 453 g/mol. The monoisotopic (exact) mass is 453 g/mol. The Morgan fingerprint density at radius 3 is 2.19 bits per heavy atom. The highest BCUT2D eigenvalue weighted by Gasteiger charge is 2.38. The fraction of sp³-hybridized carbons (Fsp3) is 0.409. The van der Waals surface area contributed by atoms with E-state index in [1.807, 2.05) is 0 Å². The molecule has 166 valence electrons. The van der Waals surface area contributed by atoms with Crippen LogP contribution in [-0.4, -0.2) is 53.8 Å². The summed E-state index contributed by atoms with van der Waals surface area (Å²) in [6, 6.07) is 12.8. The van der Waals surface area contributed by atoms with Crippen molar-refractivity contribution in [1.29, 1.82) is 0 Å². The Labute approximate surface area is 182 Å². The van der Waals surface area contributed by atoms with Crippen molar-refractivity contribution in [1.82, 2.24) is 4.90 Å². The van der Waals surface area contributed by atoms with Gasteiger partial charge in [0.1, 0.15) is 17.5 Å². The maximum atomic E-state index is 12.8. The summed E-state index contributed by atoms with van der Waals surface area (Å²) in [5.74, 6) is 0.445. The van der Waals surface area contributed by atoms with Gasteiger partial charge in [0, 0.05) is 36.4 Å². The quantitative estimate of drug-likeness (QED) is 0.688. The second kappa shape index (κ2) is 8.72. The van der Waals surface area contributed by atoms with E-state index in [0.29, 0.717) is 37.2 Å². The molecule has 0 unspecified atom stereocenters. The van der Waals surface area contributed by atoms with Crippen molar-refractivity contribution < 1.29 is 32.5 Å². The lowest BCUT2D eigenvalue weighted by atomic mass is 9.91. The fourth-order valence-corrected chi connectivity index (χ4v) is 4.20. The molecule has 0 atom stereocenters. The van der Waals surface area contributed by atoms with E-state index in [9.17, 15) is 23.1 Å².